The molecule has 2 heterocycles. The number of benzene rings is 2. The van der Waals surface area contributed by atoms with Gasteiger partial charge in [-0.05, 0) is 83.5 Å². The summed E-state index contributed by atoms with van der Waals surface area (Å²) < 4.78 is 3.00. The number of aromatic nitrogens is 2. The Morgan fingerprint density at radius 3 is 2.52 bits per heavy atom. The molecule has 126 valence electrons. The Hall–Kier alpha value is -2.15. The molecule has 1 amide bonds. The van der Waals surface area contributed by atoms with Crippen LogP contribution in [0.4, 0.5) is 0 Å². The van der Waals surface area contributed by atoms with Gasteiger partial charge in [-0.15, -0.1) is 0 Å². The maximum absolute atomic E-state index is 13.0. The fourth-order valence-corrected chi connectivity index (χ4v) is 3.74. The highest BCUT2D eigenvalue weighted by Crippen LogP contribution is 2.33. The number of halogens is 1. The van der Waals surface area contributed by atoms with E-state index in [4.69, 9.17) is 0 Å². The Balaban J connectivity index is 1.56. The molecule has 0 N–H and O–H groups in total. The molecule has 1 atom stereocenters. The molecule has 0 spiro atoms. The Bertz CT molecular complexity index is 857. The molecule has 1 fully saturated rings. The van der Waals surface area contributed by atoms with Gasteiger partial charge in [-0.3, -0.25) is 4.79 Å². The van der Waals surface area contributed by atoms with Crippen molar-refractivity contribution in [2.45, 2.75) is 18.9 Å². The van der Waals surface area contributed by atoms with Crippen LogP contribution >= 0.6 is 22.6 Å². The number of carbonyl (C=O) groups excluding carboxylic acids is 1. The van der Waals surface area contributed by atoms with E-state index < -0.39 is 0 Å². The van der Waals surface area contributed by atoms with E-state index in [1.54, 1.807) is 10.9 Å². The van der Waals surface area contributed by atoms with Crippen molar-refractivity contribution in [1.29, 1.82) is 0 Å². The van der Waals surface area contributed by atoms with Gasteiger partial charge in [0.25, 0.3) is 5.91 Å². The van der Waals surface area contributed by atoms with Crippen LogP contribution in [0.3, 0.4) is 0 Å². The number of hydrogen-bond donors (Lipinski definition) is 0. The molecule has 4 rings (SSSR count). The zero-order chi connectivity index (χ0) is 17.2. The van der Waals surface area contributed by atoms with Crippen molar-refractivity contribution in [2.24, 2.45) is 0 Å². The Morgan fingerprint density at radius 2 is 1.84 bits per heavy atom. The fraction of sp³-hybridized carbons (Fsp3) is 0.200. The van der Waals surface area contributed by atoms with E-state index >= 15 is 0 Å². The van der Waals surface area contributed by atoms with Gasteiger partial charge in [0.1, 0.15) is 0 Å². The molecule has 1 saturated heterocycles. The lowest BCUT2D eigenvalue weighted by Gasteiger charge is -2.25. The zero-order valence-corrected chi connectivity index (χ0v) is 15.8. The Labute approximate surface area is 160 Å². The average molecular weight is 443 g/mol. The van der Waals surface area contributed by atoms with Crippen LogP contribution < -0.4 is 0 Å². The first-order valence-electron chi connectivity index (χ1n) is 8.39. The summed E-state index contributed by atoms with van der Waals surface area (Å²) in [5.74, 6) is 0.105. The monoisotopic (exact) mass is 443 g/mol. The summed E-state index contributed by atoms with van der Waals surface area (Å²) in [7, 11) is 0. The van der Waals surface area contributed by atoms with Crippen molar-refractivity contribution >= 4 is 28.5 Å². The van der Waals surface area contributed by atoms with E-state index in [-0.39, 0.29) is 11.9 Å². The second kappa shape index (κ2) is 7.00. The van der Waals surface area contributed by atoms with Gasteiger partial charge in [-0.25, -0.2) is 4.68 Å². The first-order chi connectivity index (χ1) is 12.2. The van der Waals surface area contributed by atoms with E-state index in [1.165, 1.54) is 9.13 Å². The van der Waals surface area contributed by atoms with Crippen LogP contribution in [-0.2, 0) is 0 Å². The van der Waals surface area contributed by atoms with E-state index in [1.807, 2.05) is 41.4 Å². The van der Waals surface area contributed by atoms with Crippen molar-refractivity contribution in [3.05, 3.63) is 81.7 Å². The minimum absolute atomic E-state index is 0.105. The summed E-state index contributed by atoms with van der Waals surface area (Å²) in [6, 6.07) is 18.2. The van der Waals surface area contributed by atoms with Gasteiger partial charge in [0.05, 0.1) is 11.7 Å². The summed E-state index contributed by atoms with van der Waals surface area (Å²) in [4.78, 5) is 15.0. The number of rotatable bonds is 3. The summed E-state index contributed by atoms with van der Waals surface area (Å²) in [6.45, 7) is 0.816. The lowest BCUT2D eigenvalue weighted by molar-refractivity contribution is 0.0735. The number of amides is 1. The van der Waals surface area contributed by atoms with Crippen LogP contribution in [0.5, 0.6) is 0 Å². The normalized spacial score (nSPS) is 17.0. The number of likely N-dealkylation sites (tertiary alicyclic amines) is 1. The average Bonchev–Trinajstić information content (AvgIpc) is 3.34. The summed E-state index contributed by atoms with van der Waals surface area (Å²) in [6.07, 6.45) is 5.71. The predicted octanol–water partition coefficient (Wildman–Crippen LogP) is 4.45. The SMILES string of the molecule is O=C(c1ccc(-n2cccn2)cc1)N1CCCC1c1ccc(I)cc1. The highest BCUT2D eigenvalue weighted by Gasteiger charge is 2.30. The van der Waals surface area contributed by atoms with Crippen LogP contribution in [0.25, 0.3) is 5.69 Å². The molecule has 1 aliphatic rings. The van der Waals surface area contributed by atoms with Gasteiger partial charge in [-0.1, -0.05) is 12.1 Å². The predicted molar refractivity (Wildman–Crippen MR) is 106 cm³/mol. The largest absolute Gasteiger partial charge is 0.332 e. The molecule has 2 aromatic carbocycles. The maximum Gasteiger partial charge on any atom is 0.254 e. The summed E-state index contributed by atoms with van der Waals surface area (Å²) in [5, 5.41) is 4.22. The number of carbonyl (C=O) groups is 1. The maximum atomic E-state index is 13.0. The first-order valence-corrected chi connectivity index (χ1v) is 9.47. The van der Waals surface area contributed by atoms with Crippen LogP contribution in [0.15, 0.2) is 67.0 Å². The molecule has 1 aliphatic heterocycles. The topological polar surface area (TPSA) is 38.1 Å². The highest BCUT2D eigenvalue weighted by molar-refractivity contribution is 14.1. The molecule has 3 aromatic rings. The summed E-state index contributed by atoms with van der Waals surface area (Å²) in [5.41, 5.74) is 2.91. The van der Waals surface area contributed by atoms with Crippen molar-refractivity contribution in [3.63, 3.8) is 0 Å². The second-order valence-corrected chi connectivity index (χ2v) is 7.45. The molecule has 0 bridgehead atoms. The lowest BCUT2D eigenvalue weighted by atomic mass is 10.0. The Kier molecular flexibility index (Phi) is 4.57. The van der Waals surface area contributed by atoms with Gasteiger partial charge in [0, 0.05) is 28.1 Å². The van der Waals surface area contributed by atoms with Crippen molar-refractivity contribution in [1.82, 2.24) is 14.7 Å². The molecule has 1 aromatic heterocycles. The molecule has 0 radical (unpaired) electrons. The molecular formula is C20H18IN3O. The number of hydrogen-bond acceptors (Lipinski definition) is 2. The van der Waals surface area contributed by atoms with E-state index in [0.717, 1.165) is 30.6 Å². The smallest absolute Gasteiger partial charge is 0.254 e. The van der Waals surface area contributed by atoms with Crippen LogP contribution in [-0.4, -0.2) is 27.1 Å². The molecule has 1 unspecified atom stereocenters. The lowest BCUT2D eigenvalue weighted by Crippen LogP contribution is -2.30. The van der Waals surface area contributed by atoms with Crippen LogP contribution in [0, 0.1) is 3.57 Å². The molecule has 0 aliphatic carbocycles. The molecule has 0 saturated carbocycles. The van der Waals surface area contributed by atoms with Crippen molar-refractivity contribution in [2.75, 3.05) is 6.54 Å². The van der Waals surface area contributed by atoms with Gasteiger partial charge in [0.2, 0.25) is 0 Å². The summed E-state index contributed by atoms with van der Waals surface area (Å²) >= 11 is 2.31. The van der Waals surface area contributed by atoms with Crippen LogP contribution in [0.2, 0.25) is 0 Å². The minimum Gasteiger partial charge on any atom is -0.332 e. The van der Waals surface area contributed by atoms with Crippen molar-refractivity contribution < 1.29 is 4.79 Å². The van der Waals surface area contributed by atoms with Crippen LogP contribution in [0.1, 0.15) is 34.8 Å². The van der Waals surface area contributed by atoms with Gasteiger partial charge in [-0.2, -0.15) is 5.10 Å². The second-order valence-electron chi connectivity index (χ2n) is 6.21. The van der Waals surface area contributed by atoms with Crippen molar-refractivity contribution in [3.8, 4) is 5.69 Å². The third-order valence-electron chi connectivity index (χ3n) is 4.65. The minimum atomic E-state index is 0.105. The van der Waals surface area contributed by atoms with E-state index in [2.05, 4.69) is 52.0 Å². The van der Waals surface area contributed by atoms with E-state index in [0.29, 0.717) is 0 Å². The highest BCUT2D eigenvalue weighted by atomic mass is 127. The standard InChI is InChI=1S/C20H18IN3O/c21-17-8-4-15(5-9-17)19-3-1-13-23(19)20(25)16-6-10-18(11-7-16)24-14-2-12-22-24/h2,4-12,14,19H,1,3,13H2. The van der Waals surface area contributed by atoms with Gasteiger partial charge in [0.15, 0.2) is 0 Å². The quantitative estimate of drug-likeness (QED) is 0.561. The third-order valence-corrected chi connectivity index (χ3v) is 5.37. The van der Waals surface area contributed by atoms with E-state index in [9.17, 15) is 4.79 Å². The first kappa shape index (κ1) is 16.3. The van der Waals surface area contributed by atoms with Gasteiger partial charge >= 0.3 is 0 Å². The molecule has 25 heavy (non-hydrogen) atoms. The third kappa shape index (κ3) is 3.33. The molecule has 5 heteroatoms. The van der Waals surface area contributed by atoms with Gasteiger partial charge < -0.3 is 4.90 Å². The zero-order valence-electron chi connectivity index (χ0n) is 13.7. The number of nitrogens with zero attached hydrogens (tertiary/aromatic N) is 3. The molecular weight excluding hydrogens is 425 g/mol. The molecule has 4 nitrogen and oxygen atoms in total. The fourth-order valence-electron chi connectivity index (χ4n) is 3.39. The Morgan fingerprint density at radius 1 is 1.08 bits per heavy atom.